The molecule has 4 heteroatoms. The predicted molar refractivity (Wildman–Crippen MR) is 69.0 cm³/mol. The third-order valence-corrected chi connectivity index (χ3v) is 3.65. The van der Waals surface area contributed by atoms with Crippen molar-refractivity contribution in [1.29, 1.82) is 0 Å². The molecule has 0 saturated carbocycles. The van der Waals surface area contributed by atoms with E-state index in [-0.39, 0.29) is 5.91 Å². The molecule has 0 saturated heterocycles. The van der Waals surface area contributed by atoms with Crippen LogP contribution >= 0.6 is 27.3 Å². The summed E-state index contributed by atoms with van der Waals surface area (Å²) in [5.74, 6) is 0.0736. The third kappa shape index (κ3) is 3.80. The number of halogens is 1. The zero-order valence-electron chi connectivity index (χ0n) is 8.87. The van der Waals surface area contributed by atoms with Gasteiger partial charge in [0, 0.05) is 24.0 Å². The van der Waals surface area contributed by atoms with Crippen LogP contribution in [0.15, 0.2) is 22.0 Å². The fraction of sp³-hybridized carbons (Fsp3) is 0.364. The minimum atomic E-state index is 0.0736. The van der Waals surface area contributed by atoms with E-state index >= 15 is 0 Å². The van der Waals surface area contributed by atoms with E-state index in [9.17, 15) is 4.79 Å². The zero-order valence-corrected chi connectivity index (χ0v) is 11.3. The van der Waals surface area contributed by atoms with Crippen molar-refractivity contribution in [3.8, 4) is 0 Å². The Balaban J connectivity index is 2.61. The van der Waals surface area contributed by atoms with Gasteiger partial charge >= 0.3 is 0 Å². The Bertz CT molecular complexity index is 355. The number of carbonyl (C=O) groups excluding carboxylic acids is 1. The van der Waals surface area contributed by atoms with Gasteiger partial charge < -0.3 is 4.90 Å². The average molecular weight is 288 g/mol. The van der Waals surface area contributed by atoms with Gasteiger partial charge in [0.05, 0.1) is 3.79 Å². The van der Waals surface area contributed by atoms with Gasteiger partial charge in [-0.15, -0.1) is 11.3 Å². The Hall–Kier alpha value is -0.610. The Morgan fingerprint density at radius 1 is 1.47 bits per heavy atom. The lowest BCUT2D eigenvalue weighted by Gasteiger charge is -2.15. The first-order chi connectivity index (χ1) is 7.17. The summed E-state index contributed by atoms with van der Waals surface area (Å²) >= 11 is 5.00. The van der Waals surface area contributed by atoms with Gasteiger partial charge in [-0.25, -0.2) is 0 Å². The molecule has 1 rings (SSSR count). The molecule has 0 unspecified atom stereocenters. The number of thiophene rings is 1. The highest BCUT2D eigenvalue weighted by molar-refractivity contribution is 9.11. The highest BCUT2D eigenvalue weighted by Crippen LogP contribution is 2.22. The highest BCUT2D eigenvalue weighted by Gasteiger charge is 2.04. The number of carbonyl (C=O) groups is 1. The van der Waals surface area contributed by atoms with Crippen LogP contribution in [0.3, 0.4) is 0 Å². The molecule has 0 bridgehead atoms. The summed E-state index contributed by atoms with van der Waals surface area (Å²) < 4.78 is 1.08. The first kappa shape index (κ1) is 12.5. The van der Waals surface area contributed by atoms with Gasteiger partial charge in [0.2, 0.25) is 5.91 Å². The largest absolute Gasteiger partial charge is 0.340 e. The summed E-state index contributed by atoms with van der Waals surface area (Å²) in [6.45, 7) is 5.48. The third-order valence-electron chi connectivity index (χ3n) is 2.06. The summed E-state index contributed by atoms with van der Waals surface area (Å²) in [5.41, 5.74) is 0. The van der Waals surface area contributed by atoms with Crippen molar-refractivity contribution < 1.29 is 4.79 Å². The van der Waals surface area contributed by atoms with Crippen LogP contribution in [0.2, 0.25) is 0 Å². The molecule has 1 aromatic rings. The minimum Gasteiger partial charge on any atom is -0.340 e. The normalized spacial score (nSPS) is 10.9. The molecule has 0 fully saturated rings. The van der Waals surface area contributed by atoms with Crippen LogP contribution in [0, 0.1) is 0 Å². The zero-order chi connectivity index (χ0) is 11.3. The van der Waals surface area contributed by atoms with E-state index in [1.165, 1.54) is 0 Å². The molecule has 0 aliphatic heterocycles. The molecular weight excluding hydrogens is 274 g/mol. The Kier molecular flexibility index (Phi) is 5.05. The summed E-state index contributed by atoms with van der Waals surface area (Å²) in [5, 5.41) is 0. The van der Waals surface area contributed by atoms with Crippen LogP contribution in [-0.2, 0) is 4.79 Å². The Morgan fingerprint density at radius 2 is 2.13 bits per heavy atom. The van der Waals surface area contributed by atoms with E-state index < -0.39 is 0 Å². The molecule has 1 aromatic heterocycles. The van der Waals surface area contributed by atoms with E-state index in [0.29, 0.717) is 0 Å². The second-order valence-corrected chi connectivity index (χ2v) is 5.48. The molecule has 0 aromatic carbocycles. The lowest BCUT2D eigenvalue weighted by atomic mass is 10.3. The second-order valence-electron chi connectivity index (χ2n) is 2.99. The van der Waals surface area contributed by atoms with Crippen LogP contribution < -0.4 is 0 Å². The topological polar surface area (TPSA) is 20.3 Å². The van der Waals surface area contributed by atoms with E-state index in [0.717, 1.165) is 21.8 Å². The molecule has 82 valence electrons. The second kappa shape index (κ2) is 6.08. The minimum absolute atomic E-state index is 0.0736. The molecule has 0 spiro atoms. The number of hydrogen-bond donors (Lipinski definition) is 0. The van der Waals surface area contributed by atoms with Crippen LogP contribution in [0.5, 0.6) is 0 Å². The van der Waals surface area contributed by atoms with Gasteiger partial charge in [0.1, 0.15) is 0 Å². The predicted octanol–water partition coefficient (Wildman–Crippen LogP) is 3.39. The quantitative estimate of drug-likeness (QED) is 0.778. The molecule has 0 atom stereocenters. The fourth-order valence-electron chi connectivity index (χ4n) is 1.21. The number of likely N-dealkylation sites (N-methyl/N-ethyl adjacent to an activating group) is 1. The highest BCUT2D eigenvalue weighted by atomic mass is 79.9. The van der Waals surface area contributed by atoms with E-state index in [1.807, 2.05) is 32.1 Å². The monoisotopic (exact) mass is 287 g/mol. The number of amides is 1. The standard InChI is InChI=1S/C11H14BrNOS/c1-3-13(4-2)11(14)8-6-9-5-7-10(12)15-9/h5-8H,3-4H2,1-2H3/b8-6+. The lowest BCUT2D eigenvalue weighted by molar-refractivity contribution is -0.125. The lowest BCUT2D eigenvalue weighted by Crippen LogP contribution is -2.28. The Labute approximate surface area is 103 Å². The Morgan fingerprint density at radius 3 is 2.60 bits per heavy atom. The summed E-state index contributed by atoms with van der Waals surface area (Å²) in [7, 11) is 0. The smallest absolute Gasteiger partial charge is 0.246 e. The first-order valence-corrected chi connectivity index (χ1v) is 6.50. The first-order valence-electron chi connectivity index (χ1n) is 4.89. The maximum absolute atomic E-state index is 11.6. The van der Waals surface area contributed by atoms with Crippen LogP contribution in [0.4, 0.5) is 0 Å². The van der Waals surface area contributed by atoms with E-state index in [1.54, 1.807) is 22.3 Å². The van der Waals surface area contributed by atoms with Gasteiger partial charge in [0.15, 0.2) is 0 Å². The summed E-state index contributed by atoms with van der Waals surface area (Å²) in [6.07, 6.45) is 3.49. The van der Waals surface area contributed by atoms with Crippen molar-refractivity contribution in [3.63, 3.8) is 0 Å². The van der Waals surface area contributed by atoms with Crippen LogP contribution in [0.25, 0.3) is 6.08 Å². The van der Waals surface area contributed by atoms with Gasteiger partial charge in [-0.2, -0.15) is 0 Å². The molecule has 0 aliphatic rings. The SMILES string of the molecule is CCN(CC)C(=O)/C=C/c1ccc(Br)s1. The van der Waals surface area contributed by atoms with Crippen molar-refractivity contribution in [2.24, 2.45) is 0 Å². The van der Waals surface area contributed by atoms with E-state index in [2.05, 4.69) is 15.9 Å². The molecule has 0 N–H and O–H groups in total. The fourth-order valence-corrected chi connectivity index (χ4v) is 2.54. The van der Waals surface area contributed by atoms with Crippen molar-refractivity contribution in [2.45, 2.75) is 13.8 Å². The van der Waals surface area contributed by atoms with Crippen LogP contribution in [-0.4, -0.2) is 23.9 Å². The summed E-state index contributed by atoms with van der Waals surface area (Å²) in [6, 6.07) is 3.97. The molecule has 1 amide bonds. The molecule has 1 heterocycles. The van der Waals surface area contributed by atoms with Gasteiger partial charge in [-0.05, 0) is 48.0 Å². The summed E-state index contributed by atoms with van der Waals surface area (Å²) in [4.78, 5) is 14.5. The number of nitrogens with zero attached hydrogens (tertiary/aromatic N) is 1. The van der Waals surface area contributed by atoms with E-state index in [4.69, 9.17) is 0 Å². The molecule has 2 nitrogen and oxygen atoms in total. The number of hydrogen-bond acceptors (Lipinski definition) is 2. The van der Waals surface area contributed by atoms with Crippen molar-refractivity contribution in [2.75, 3.05) is 13.1 Å². The van der Waals surface area contributed by atoms with Crippen molar-refractivity contribution in [1.82, 2.24) is 4.90 Å². The van der Waals surface area contributed by atoms with Crippen molar-refractivity contribution >= 4 is 39.2 Å². The number of rotatable bonds is 4. The van der Waals surface area contributed by atoms with Gasteiger partial charge in [0.25, 0.3) is 0 Å². The molecule has 0 radical (unpaired) electrons. The average Bonchev–Trinajstić information content (AvgIpc) is 2.63. The maximum Gasteiger partial charge on any atom is 0.246 e. The van der Waals surface area contributed by atoms with Crippen LogP contribution in [0.1, 0.15) is 18.7 Å². The maximum atomic E-state index is 11.6. The molecular formula is C11H14BrNOS. The van der Waals surface area contributed by atoms with Gasteiger partial charge in [-0.3, -0.25) is 4.79 Å². The molecule has 0 aliphatic carbocycles. The van der Waals surface area contributed by atoms with Gasteiger partial charge in [-0.1, -0.05) is 0 Å². The molecule has 15 heavy (non-hydrogen) atoms. The van der Waals surface area contributed by atoms with Crippen molar-refractivity contribution in [3.05, 3.63) is 26.9 Å².